The molecule has 4 nitrogen and oxygen atoms in total. The van der Waals surface area contributed by atoms with Crippen LogP contribution < -0.4 is 5.32 Å². The molecule has 110 valence electrons. The van der Waals surface area contributed by atoms with Crippen molar-refractivity contribution in [3.8, 4) is 11.3 Å². The fourth-order valence-corrected chi connectivity index (χ4v) is 2.00. The Morgan fingerprint density at radius 3 is 2.86 bits per heavy atom. The van der Waals surface area contributed by atoms with E-state index in [0.717, 1.165) is 16.8 Å². The predicted molar refractivity (Wildman–Crippen MR) is 82.7 cm³/mol. The highest BCUT2D eigenvalue weighted by molar-refractivity contribution is 5.79. The van der Waals surface area contributed by atoms with E-state index in [4.69, 9.17) is 0 Å². The molecule has 0 bridgehead atoms. The van der Waals surface area contributed by atoms with Crippen LogP contribution in [0, 0.1) is 0 Å². The van der Waals surface area contributed by atoms with Gasteiger partial charge in [0.05, 0.1) is 18.2 Å². The van der Waals surface area contributed by atoms with Gasteiger partial charge in [0.25, 0.3) is 0 Å². The van der Waals surface area contributed by atoms with E-state index in [0.29, 0.717) is 19.4 Å². The SMILES string of the molecule is CCC(O)CNC(=O)Cc1cccc(-c2ccccn2)c1. The summed E-state index contributed by atoms with van der Waals surface area (Å²) < 4.78 is 0. The Kier molecular flexibility index (Phi) is 5.46. The van der Waals surface area contributed by atoms with Crippen LogP contribution in [0.1, 0.15) is 18.9 Å². The first-order valence-electron chi connectivity index (χ1n) is 7.14. The van der Waals surface area contributed by atoms with Gasteiger partial charge in [0, 0.05) is 18.3 Å². The number of aliphatic hydroxyl groups is 1. The molecule has 0 saturated heterocycles. The van der Waals surface area contributed by atoms with Crippen molar-refractivity contribution < 1.29 is 9.90 Å². The third-order valence-corrected chi connectivity index (χ3v) is 3.26. The Morgan fingerprint density at radius 2 is 2.14 bits per heavy atom. The average Bonchev–Trinajstić information content (AvgIpc) is 2.53. The minimum Gasteiger partial charge on any atom is -0.391 e. The summed E-state index contributed by atoms with van der Waals surface area (Å²) in [6.07, 6.45) is 2.21. The van der Waals surface area contributed by atoms with Crippen molar-refractivity contribution in [3.63, 3.8) is 0 Å². The molecule has 0 aliphatic carbocycles. The van der Waals surface area contributed by atoms with E-state index in [9.17, 15) is 9.90 Å². The van der Waals surface area contributed by atoms with Gasteiger partial charge in [-0.3, -0.25) is 9.78 Å². The monoisotopic (exact) mass is 284 g/mol. The zero-order valence-corrected chi connectivity index (χ0v) is 12.1. The van der Waals surface area contributed by atoms with E-state index in [-0.39, 0.29) is 5.91 Å². The number of nitrogens with one attached hydrogen (secondary N) is 1. The highest BCUT2D eigenvalue weighted by Gasteiger charge is 2.07. The standard InChI is InChI=1S/C17H20N2O2/c1-2-15(20)12-19-17(21)11-13-6-5-7-14(10-13)16-8-3-4-9-18-16/h3-10,15,20H,2,11-12H2,1H3,(H,19,21). The normalized spacial score (nSPS) is 11.9. The molecule has 1 aromatic carbocycles. The largest absolute Gasteiger partial charge is 0.391 e. The Hall–Kier alpha value is -2.20. The van der Waals surface area contributed by atoms with Crippen molar-refractivity contribution in [3.05, 3.63) is 54.2 Å². The van der Waals surface area contributed by atoms with E-state index in [2.05, 4.69) is 10.3 Å². The minimum absolute atomic E-state index is 0.0827. The molecule has 0 spiro atoms. The summed E-state index contributed by atoms with van der Waals surface area (Å²) in [6.45, 7) is 2.18. The van der Waals surface area contributed by atoms with Gasteiger partial charge in [-0.2, -0.15) is 0 Å². The number of carbonyl (C=O) groups is 1. The van der Waals surface area contributed by atoms with E-state index in [1.807, 2.05) is 49.4 Å². The quantitative estimate of drug-likeness (QED) is 0.854. The molecule has 0 fully saturated rings. The van der Waals surface area contributed by atoms with Crippen molar-refractivity contribution in [1.29, 1.82) is 0 Å². The molecule has 0 aliphatic heterocycles. The van der Waals surface area contributed by atoms with Crippen molar-refractivity contribution in [2.45, 2.75) is 25.9 Å². The molecular weight excluding hydrogens is 264 g/mol. The van der Waals surface area contributed by atoms with Crippen LogP contribution in [0.5, 0.6) is 0 Å². The van der Waals surface area contributed by atoms with Gasteiger partial charge < -0.3 is 10.4 Å². The third kappa shape index (κ3) is 4.68. The molecule has 4 heteroatoms. The smallest absolute Gasteiger partial charge is 0.224 e. The summed E-state index contributed by atoms with van der Waals surface area (Å²) in [5.74, 6) is -0.0827. The summed E-state index contributed by atoms with van der Waals surface area (Å²) in [4.78, 5) is 16.1. The zero-order chi connectivity index (χ0) is 15.1. The van der Waals surface area contributed by atoms with Gasteiger partial charge >= 0.3 is 0 Å². The predicted octanol–water partition coefficient (Wildman–Crippen LogP) is 2.18. The maximum Gasteiger partial charge on any atom is 0.224 e. The maximum absolute atomic E-state index is 11.8. The number of rotatable bonds is 6. The lowest BCUT2D eigenvalue weighted by atomic mass is 10.1. The van der Waals surface area contributed by atoms with Crippen LogP contribution in [0.25, 0.3) is 11.3 Å². The molecule has 0 aliphatic rings. The molecular formula is C17H20N2O2. The van der Waals surface area contributed by atoms with E-state index in [1.165, 1.54) is 0 Å². The van der Waals surface area contributed by atoms with Gasteiger partial charge in [0.1, 0.15) is 0 Å². The molecule has 1 atom stereocenters. The lowest BCUT2D eigenvalue weighted by Gasteiger charge is -2.10. The molecule has 2 rings (SSSR count). The van der Waals surface area contributed by atoms with Gasteiger partial charge in [0.2, 0.25) is 5.91 Å². The fraction of sp³-hybridized carbons (Fsp3) is 0.294. The number of nitrogens with zero attached hydrogens (tertiary/aromatic N) is 1. The second-order valence-corrected chi connectivity index (χ2v) is 4.96. The van der Waals surface area contributed by atoms with Crippen LogP contribution in [-0.2, 0) is 11.2 Å². The van der Waals surface area contributed by atoms with Crippen LogP contribution in [0.4, 0.5) is 0 Å². The molecule has 1 amide bonds. The second-order valence-electron chi connectivity index (χ2n) is 4.96. The maximum atomic E-state index is 11.8. The molecule has 2 aromatic rings. The van der Waals surface area contributed by atoms with Crippen molar-refractivity contribution in [2.24, 2.45) is 0 Å². The number of benzene rings is 1. The summed E-state index contributed by atoms with van der Waals surface area (Å²) >= 11 is 0. The Balaban J connectivity index is 2.00. The summed E-state index contributed by atoms with van der Waals surface area (Å²) in [5, 5.41) is 12.2. The zero-order valence-electron chi connectivity index (χ0n) is 12.1. The average molecular weight is 284 g/mol. The number of aliphatic hydroxyl groups excluding tert-OH is 1. The van der Waals surface area contributed by atoms with E-state index < -0.39 is 6.10 Å². The first-order chi connectivity index (χ1) is 10.2. The lowest BCUT2D eigenvalue weighted by Crippen LogP contribution is -2.32. The van der Waals surface area contributed by atoms with Gasteiger partial charge in [-0.1, -0.05) is 31.2 Å². The molecule has 1 unspecified atom stereocenters. The lowest BCUT2D eigenvalue weighted by molar-refractivity contribution is -0.120. The highest BCUT2D eigenvalue weighted by atomic mass is 16.3. The highest BCUT2D eigenvalue weighted by Crippen LogP contribution is 2.17. The van der Waals surface area contributed by atoms with Crippen molar-refractivity contribution in [2.75, 3.05) is 6.54 Å². The van der Waals surface area contributed by atoms with Gasteiger partial charge in [-0.25, -0.2) is 0 Å². The third-order valence-electron chi connectivity index (χ3n) is 3.26. The first kappa shape index (κ1) is 15.2. The van der Waals surface area contributed by atoms with Crippen molar-refractivity contribution >= 4 is 5.91 Å². The molecule has 0 radical (unpaired) electrons. The number of hydrogen-bond donors (Lipinski definition) is 2. The molecule has 1 heterocycles. The summed E-state index contributed by atoms with van der Waals surface area (Å²) in [7, 11) is 0. The van der Waals surface area contributed by atoms with Crippen LogP contribution in [0.3, 0.4) is 0 Å². The minimum atomic E-state index is -0.478. The number of amides is 1. The van der Waals surface area contributed by atoms with Gasteiger partial charge in [-0.15, -0.1) is 0 Å². The Labute approximate surface area is 124 Å². The van der Waals surface area contributed by atoms with Crippen LogP contribution in [0.2, 0.25) is 0 Å². The van der Waals surface area contributed by atoms with Crippen LogP contribution >= 0.6 is 0 Å². The summed E-state index contributed by atoms with van der Waals surface area (Å²) in [6, 6.07) is 13.5. The Morgan fingerprint density at radius 1 is 1.29 bits per heavy atom. The van der Waals surface area contributed by atoms with Crippen molar-refractivity contribution in [1.82, 2.24) is 10.3 Å². The number of pyridine rings is 1. The fourth-order valence-electron chi connectivity index (χ4n) is 2.00. The molecule has 1 aromatic heterocycles. The molecule has 21 heavy (non-hydrogen) atoms. The molecule has 2 N–H and O–H groups in total. The number of carbonyl (C=O) groups excluding carboxylic acids is 1. The van der Waals surface area contributed by atoms with E-state index >= 15 is 0 Å². The first-order valence-corrected chi connectivity index (χ1v) is 7.14. The number of aromatic nitrogens is 1. The molecule has 0 saturated carbocycles. The summed E-state index contributed by atoms with van der Waals surface area (Å²) in [5.41, 5.74) is 2.82. The second kappa shape index (κ2) is 7.55. The van der Waals surface area contributed by atoms with Gasteiger partial charge in [-0.05, 0) is 30.2 Å². The number of hydrogen-bond acceptors (Lipinski definition) is 3. The van der Waals surface area contributed by atoms with Crippen LogP contribution in [-0.4, -0.2) is 28.6 Å². The van der Waals surface area contributed by atoms with E-state index in [1.54, 1.807) is 6.20 Å². The van der Waals surface area contributed by atoms with Gasteiger partial charge in [0.15, 0.2) is 0 Å². The Bertz CT molecular complexity index is 584. The topological polar surface area (TPSA) is 62.2 Å². The van der Waals surface area contributed by atoms with Crippen LogP contribution in [0.15, 0.2) is 48.7 Å².